The first-order valence-corrected chi connectivity index (χ1v) is 8.52. The van der Waals surface area contributed by atoms with E-state index in [1.165, 1.54) is 0 Å². The lowest BCUT2D eigenvalue weighted by atomic mass is 10.1. The Bertz CT molecular complexity index is 608. The first-order chi connectivity index (χ1) is 9.55. The van der Waals surface area contributed by atoms with Gasteiger partial charge in [-0.1, -0.05) is 0 Å². The number of rotatable bonds is 5. The fourth-order valence-electron chi connectivity index (χ4n) is 2.65. The lowest BCUT2D eigenvalue weighted by molar-refractivity contribution is 0.171. The van der Waals surface area contributed by atoms with Crippen LogP contribution in [-0.2, 0) is 9.84 Å². The summed E-state index contributed by atoms with van der Waals surface area (Å²) in [6.07, 6.45) is 2.68. The van der Waals surface area contributed by atoms with Crippen LogP contribution >= 0.6 is 0 Å². The Morgan fingerprint density at radius 3 is 2.50 bits per heavy atom. The lowest BCUT2D eigenvalue weighted by Crippen LogP contribution is -2.21. The van der Waals surface area contributed by atoms with Gasteiger partial charge in [-0.25, -0.2) is 8.42 Å². The number of ether oxygens (including phenoxy) is 2. The van der Waals surface area contributed by atoms with Crippen molar-refractivity contribution in [2.45, 2.75) is 24.2 Å². The summed E-state index contributed by atoms with van der Waals surface area (Å²) in [6, 6.07) is 4.84. The van der Waals surface area contributed by atoms with E-state index < -0.39 is 9.84 Å². The zero-order valence-corrected chi connectivity index (χ0v) is 12.1. The Labute approximate surface area is 119 Å². The monoisotopic (exact) mass is 297 g/mol. The van der Waals surface area contributed by atoms with E-state index in [0.717, 1.165) is 19.3 Å². The Morgan fingerprint density at radius 2 is 1.85 bits per heavy atom. The summed E-state index contributed by atoms with van der Waals surface area (Å²) in [6.45, 7) is 1.49. The summed E-state index contributed by atoms with van der Waals surface area (Å²) in [5, 5.41) is 0. The molecular weight excluding hydrogens is 278 g/mol. The van der Waals surface area contributed by atoms with Crippen molar-refractivity contribution in [3.63, 3.8) is 0 Å². The lowest BCUT2D eigenvalue weighted by Gasteiger charge is -2.19. The maximum atomic E-state index is 12.5. The highest BCUT2D eigenvalue weighted by Gasteiger charge is 2.45. The Kier molecular flexibility index (Phi) is 3.38. The quantitative estimate of drug-likeness (QED) is 0.888. The van der Waals surface area contributed by atoms with E-state index in [4.69, 9.17) is 15.2 Å². The van der Waals surface area contributed by atoms with Crippen molar-refractivity contribution in [1.29, 1.82) is 0 Å². The molecule has 2 N–H and O–H groups in total. The molecule has 6 heteroatoms. The van der Waals surface area contributed by atoms with Gasteiger partial charge in [0.25, 0.3) is 0 Å². The van der Waals surface area contributed by atoms with Gasteiger partial charge >= 0.3 is 0 Å². The normalized spacial score (nSPS) is 19.6. The molecule has 0 amide bonds. The fourth-order valence-corrected chi connectivity index (χ4v) is 4.62. The molecule has 1 aliphatic carbocycles. The van der Waals surface area contributed by atoms with E-state index in [2.05, 4.69) is 0 Å². The van der Waals surface area contributed by atoms with Crippen molar-refractivity contribution in [2.24, 2.45) is 11.1 Å². The van der Waals surface area contributed by atoms with Crippen molar-refractivity contribution >= 4 is 9.84 Å². The van der Waals surface area contributed by atoms with Crippen LogP contribution < -0.4 is 15.2 Å². The van der Waals surface area contributed by atoms with Gasteiger partial charge in [0.05, 0.1) is 10.6 Å². The molecule has 0 atom stereocenters. The molecule has 1 fully saturated rings. The minimum absolute atomic E-state index is 0.0964. The second-order valence-electron chi connectivity index (χ2n) is 5.60. The molecule has 3 rings (SSSR count). The van der Waals surface area contributed by atoms with Gasteiger partial charge in [0.15, 0.2) is 21.3 Å². The van der Waals surface area contributed by atoms with E-state index in [1.807, 2.05) is 0 Å². The van der Waals surface area contributed by atoms with E-state index in [-0.39, 0.29) is 11.2 Å². The van der Waals surface area contributed by atoms with Crippen molar-refractivity contribution in [3.05, 3.63) is 18.2 Å². The first-order valence-electron chi connectivity index (χ1n) is 6.87. The zero-order chi connectivity index (χ0) is 14.2. The van der Waals surface area contributed by atoms with Gasteiger partial charge in [-0.15, -0.1) is 0 Å². The molecule has 1 aromatic rings. The molecule has 0 unspecified atom stereocenters. The molecule has 1 aliphatic heterocycles. The first kappa shape index (κ1) is 13.7. The molecule has 0 saturated heterocycles. The van der Waals surface area contributed by atoms with Crippen LogP contribution in [0.2, 0.25) is 0 Å². The predicted octanol–water partition coefficient (Wildman–Crippen LogP) is 1.36. The van der Waals surface area contributed by atoms with E-state index in [0.29, 0.717) is 36.2 Å². The summed E-state index contributed by atoms with van der Waals surface area (Å²) in [5.74, 6) is 1.30. The topological polar surface area (TPSA) is 78.6 Å². The molecule has 0 bridgehead atoms. The molecule has 0 radical (unpaired) electrons. The van der Waals surface area contributed by atoms with Crippen molar-refractivity contribution in [1.82, 2.24) is 0 Å². The smallest absolute Gasteiger partial charge is 0.179 e. The molecule has 2 aliphatic rings. The molecule has 1 heterocycles. The van der Waals surface area contributed by atoms with Gasteiger partial charge in [-0.3, -0.25) is 0 Å². The molecule has 1 saturated carbocycles. The fraction of sp³-hybridized carbons (Fsp3) is 0.571. The molecule has 0 aromatic heterocycles. The summed E-state index contributed by atoms with van der Waals surface area (Å²) in [4.78, 5) is 0.310. The second-order valence-corrected chi connectivity index (χ2v) is 7.59. The number of benzene rings is 1. The average molecular weight is 297 g/mol. The maximum absolute atomic E-state index is 12.5. The van der Waals surface area contributed by atoms with E-state index >= 15 is 0 Å². The van der Waals surface area contributed by atoms with E-state index in [1.54, 1.807) is 18.2 Å². The Hall–Kier alpha value is -1.27. The van der Waals surface area contributed by atoms with Gasteiger partial charge in [0.2, 0.25) is 0 Å². The standard InChI is InChI=1S/C14H19NO4S/c15-6-5-14(3-4-14)10-20(16,17)11-1-2-12-13(9-11)19-8-7-18-12/h1-2,9H,3-8,10,15H2. The van der Waals surface area contributed by atoms with Crippen LogP contribution in [0.3, 0.4) is 0 Å². The molecule has 5 nitrogen and oxygen atoms in total. The number of hydrogen-bond acceptors (Lipinski definition) is 5. The number of nitrogens with two attached hydrogens (primary N) is 1. The number of fused-ring (bicyclic) bond motifs is 1. The molecule has 20 heavy (non-hydrogen) atoms. The summed E-state index contributed by atoms with van der Waals surface area (Å²) in [5.41, 5.74) is 5.48. The Morgan fingerprint density at radius 1 is 1.15 bits per heavy atom. The van der Waals surface area contributed by atoms with Gasteiger partial charge in [0, 0.05) is 6.07 Å². The predicted molar refractivity (Wildman–Crippen MR) is 74.8 cm³/mol. The van der Waals surface area contributed by atoms with Gasteiger partial charge < -0.3 is 15.2 Å². The van der Waals surface area contributed by atoms with Crippen LogP contribution in [0.4, 0.5) is 0 Å². The van der Waals surface area contributed by atoms with Crippen LogP contribution in [-0.4, -0.2) is 33.9 Å². The highest BCUT2D eigenvalue weighted by atomic mass is 32.2. The molecule has 110 valence electrons. The number of hydrogen-bond donors (Lipinski definition) is 1. The maximum Gasteiger partial charge on any atom is 0.179 e. The van der Waals surface area contributed by atoms with Crippen LogP contribution in [0.1, 0.15) is 19.3 Å². The van der Waals surface area contributed by atoms with Crippen molar-refractivity contribution < 1.29 is 17.9 Å². The third-order valence-electron chi connectivity index (χ3n) is 4.00. The largest absolute Gasteiger partial charge is 0.486 e. The average Bonchev–Trinajstić information content (AvgIpc) is 3.17. The van der Waals surface area contributed by atoms with Gasteiger partial charge in [-0.05, 0) is 43.4 Å². The van der Waals surface area contributed by atoms with Crippen LogP contribution in [0.5, 0.6) is 11.5 Å². The summed E-state index contributed by atoms with van der Waals surface area (Å²) < 4.78 is 35.9. The van der Waals surface area contributed by atoms with Gasteiger partial charge in [0.1, 0.15) is 13.2 Å². The second kappa shape index (κ2) is 4.93. The molecule has 0 spiro atoms. The van der Waals surface area contributed by atoms with E-state index in [9.17, 15) is 8.42 Å². The zero-order valence-electron chi connectivity index (χ0n) is 11.3. The van der Waals surface area contributed by atoms with Crippen LogP contribution in [0, 0.1) is 5.41 Å². The van der Waals surface area contributed by atoms with Crippen LogP contribution in [0.15, 0.2) is 23.1 Å². The highest BCUT2D eigenvalue weighted by molar-refractivity contribution is 7.91. The molecular formula is C14H19NO4S. The third kappa shape index (κ3) is 2.62. The Balaban J connectivity index is 1.84. The molecule has 1 aromatic carbocycles. The van der Waals surface area contributed by atoms with Crippen molar-refractivity contribution in [2.75, 3.05) is 25.5 Å². The minimum Gasteiger partial charge on any atom is -0.486 e. The number of sulfone groups is 1. The highest BCUT2D eigenvalue weighted by Crippen LogP contribution is 2.50. The summed E-state index contributed by atoms with van der Waals surface area (Å²) >= 11 is 0. The third-order valence-corrected chi connectivity index (χ3v) is 5.97. The SMILES string of the molecule is NCCC1(CS(=O)(=O)c2ccc3c(c2)OCCO3)CC1. The summed E-state index contributed by atoms with van der Waals surface area (Å²) in [7, 11) is -3.30. The minimum atomic E-state index is -3.30. The van der Waals surface area contributed by atoms with Crippen molar-refractivity contribution in [3.8, 4) is 11.5 Å². The van der Waals surface area contributed by atoms with Crippen LogP contribution in [0.25, 0.3) is 0 Å². The van der Waals surface area contributed by atoms with Gasteiger partial charge in [-0.2, -0.15) is 0 Å².